The van der Waals surface area contributed by atoms with Crippen LogP contribution in [0, 0.1) is 0 Å². The highest BCUT2D eigenvalue weighted by atomic mass is 35.5. The zero-order valence-electron chi connectivity index (χ0n) is 11.7. The Morgan fingerprint density at radius 2 is 1.90 bits per heavy atom. The average Bonchev–Trinajstić information content (AvgIpc) is 2.85. The van der Waals surface area contributed by atoms with Crippen molar-refractivity contribution in [2.75, 3.05) is 0 Å². The number of aromatic nitrogens is 2. The minimum Gasteiger partial charge on any atom is -0.324 e. The highest BCUT2D eigenvalue weighted by Crippen LogP contribution is 2.24. The number of hydrogen-bond acceptors (Lipinski definition) is 2. The fourth-order valence-corrected chi connectivity index (χ4v) is 2.59. The van der Waals surface area contributed by atoms with Crippen LogP contribution in [0.3, 0.4) is 0 Å². The molecule has 2 N–H and O–H groups in total. The van der Waals surface area contributed by atoms with Crippen molar-refractivity contribution in [2.24, 2.45) is 5.73 Å². The topological polar surface area (TPSA) is 43.8 Å². The molecule has 0 saturated heterocycles. The van der Waals surface area contributed by atoms with Gasteiger partial charge in [0.25, 0.3) is 0 Å². The smallest absolute Gasteiger partial charge is 0.0643 e. The summed E-state index contributed by atoms with van der Waals surface area (Å²) >= 11 is 12.0. The van der Waals surface area contributed by atoms with Gasteiger partial charge in [-0.05, 0) is 43.2 Å². The van der Waals surface area contributed by atoms with E-state index in [0.717, 1.165) is 17.7 Å². The fraction of sp³-hybridized carbons (Fsp3) is 0.400. The second-order valence-electron chi connectivity index (χ2n) is 5.06. The molecule has 0 bridgehead atoms. The number of nitrogens with two attached hydrogens (primary N) is 1. The summed E-state index contributed by atoms with van der Waals surface area (Å²) < 4.78 is 1.98. The molecule has 1 aromatic carbocycles. The zero-order valence-corrected chi connectivity index (χ0v) is 13.2. The number of benzene rings is 1. The summed E-state index contributed by atoms with van der Waals surface area (Å²) in [6.45, 7) is 4.29. The van der Waals surface area contributed by atoms with Crippen molar-refractivity contribution < 1.29 is 0 Å². The maximum Gasteiger partial charge on any atom is 0.0643 e. The molecule has 0 fully saturated rings. The van der Waals surface area contributed by atoms with Crippen molar-refractivity contribution in [2.45, 2.75) is 38.8 Å². The Bertz CT molecular complexity index is 560. The first-order chi connectivity index (χ1) is 9.49. The largest absolute Gasteiger partial charge is 0.324 e. The third-order valence-corrected chi connectivity index (χ3v) is 3.88. The first-order valence-corrected chi connectivity index (χ1v) is 7.50. The Hall–Kier alpha value is -1.03. The van der Waals surface area contributed by atoms with E-state index in [0.29, 0.717) is 22.5 Å². The maximum atomic E-state index is 6.22. The molecule has 108 valence electrons. The number of rotatable bonds is 5. The average molecular weight is 312 g/mol. The molecule has 1 heterocycles. The van der Waals surface area contributed by atoms with Crippen LogP contribution in [0.5, 0.6) is 0 Å². The number of hydrogen-bond donors (Lipinski definition) is 1. The summed E-state index contributed by atoms with van der Waals surface area (Å²) in [7, 11) is 0. The molecule has 20 heavy (non-hydrogen) atoms. The summed E-state index contributed by atoms with van der Waals surface area (Å²) in [5.74, 6) is 0. The van der Waals surface area contributed by atoms with Crippen LogP contribution in [0.4, 0.5) is 0 Å². The SMILES string of the molecule is CCC(C)n1ccc(CC(N)c2cc(Cl)cc(Cl)c2)n1. The minimum absolute atomic E-state index is 0.161. The van der Waals surface area contributed by atoms with Gasteiger partial charge in [-0.2, -0.15) is 5.10 Å². The molecule has 2 atom stereocenters. The molecule has 2 rings (SSSR count). The molecule has 5 heteroatoms. The molecule has 2 aromatic rings. The van der Waals surface area contributed by atoms with Gasteiger partial charge in [-0.1, -0.05) is 30.1 Å². The maximum absolute atomic E-state index is 6.22. The third kappa shape index (κ3) is 3.75. The van der Waals surface area contributed by atoms with E-state index in [1.807, 2.05) is 29.1 Å². The third-order valence-electron chi connectivity index (χ3n) is 3.45. The van der Waals surface area contributed by atoms with Crippen molar-refractivity contribution in [1.82, 2.24) is 9.78 Å². The van der Waals surface area contributed by atoms with E-state index in [-0.39, 0.29) is 6.04 Å². The molecular weight excluding hydrogens is 293 g/mol. The lowest BCUT2D eigenvalue weighted by Gasteiger charge is -2.12. The predicted octanol–water partition coefficient (Wildman–Crippen LogP) is 4.40. The molecule has 0 amide bonds. The molecule has 0 spiro atoms. The van der Waals surface area contributed by atoms with Crippen LogP contribution in [0.15, 0.2) is 30.5 Å². The van der Waals surface area contributed by atoms with Crippen molar-refractivity contribution in [1.29, 1.82) is 0 Å². The second kappa shape index (κ2) is 6.61. The molecule has 0 aliphatic heterocycles. The van der Waals surface area contributed by atoms with Gasteiger partial charge in [0, 0.05) is 34.7 Å². The van der Waals surface area contributed by atoms with E-state index >= 15 is 0 Å². The molecule has 0 saturated carbocycles. The number of nitrogens with zero attached hydrogens (tertiary/aromatic N) is 2. The van der Waals surface area contributed by atoms with E-state index in [1.165, 1.54) is 0 Å². The van der Waals surface area contributed by atoms with Crippen LogP contribution >= 0.6 is 23.2 Å². The molecular formula is C15H19Cl2N3. The van der Waals surface area contributed by atoms with Gasteiger partial charge >= 0.3 is 0 Å². The fourth-order valence-electron chi connectivity index (χ4n) is 2.05. The molecule has 0 aliphatic rings. The van der Waals surface area contributed by atoms with E-state index < -0.39 is 0 Å². The Labute approximate surface area is 129 Å². The Morgan fingerprint density at radius 3 is 2.50 bits per heavy atom. The summed E-state index contributed by atoms with van der Waals surface area (Å²) in [6.07, 6.45) is 3.72. The van der Waals surface area contributed by atoms with Crippen molar-refractivity contribution in [3.8, 4) is 0 Å². The molecule has 0 aliphatic carbocycles. The quantitative estimate of drug-likeness (QED) is 0.889. The minimum atomic E-state index is -0.161. The summed E-state index contributed by atoms with van der Waals surface area (Å²) in [6, 6.07) is 7.66. The first kappa shape index (κ1) is 15.4. The molecule has 3 nitrogen and oxygen atoms in total. The lowest BCUT2D eigenvalue weighted by Crippen LogP contribution is -2.14. The summed E-state index contributed by atoms with van der Waals surface area (Å²) in [5, 5.41) is 5.77. The van der Waals surface area contributed by atoms with Gasteiger partial charge in [-0.3, -0.25) is 4.68 Å². The van der Waals surface area contributed by atoms with E-state index in [1.54, 1.807) is 6.07 Å². The van der Waals surface area contributed by atoms with Crippen LogP contribution in [-0.2, 0) is 6.42 Å². The lowest BCUT2D eigenvalue weighted by atomic mass is 10.0. The molecule has 2 unspecified atom stereocenters. The van der Waals surface area contributed by atoms with Crippen LogP contribution in [0.2, 0.25) is 10.0 Å². The highest BCUT2D eigenvalue weighted by molar-refractivity contribution is 6.34. The highest BCUT2D eigenvalue weighted by Gasteiger charge is 2.12. The van der Waals surface area contributed by atoms with Gasteiger partial charge in [0.05, 0.1) is 5.69 Å². The summed E-state index contributed by atoms with van der Waals surface area (Å²) in [4.78, 5) is 0. The van der Waals surface area contributed by atoms with Crippen LogP contribution in [0.25, 0.3) is 0 Å². The summed E-state index contributed by atoms with van der Waals surface area (Å²) in [5.41, 5.74) is 8.13. The van der Waals surface area contributed by atoms with Crippen LogP contribution in [0.1, 0.15) is 43.6 Å². The van der Waals surface area contributed by atoms with Crippen molar-refractivity contribution in [3.63, 3.8) is 0 Å². The van der Waals surface area contributed by atoms with Gasteiger partial charge in [0.15, 0.2) is 0 Å². The van der Waals surface area contributed by atoms with E-state index in [9.17, 15) is 0 Å². The predicted molar refractivity (Wildman–Crippen MR) is 84.3 cm³/mol. The Morgan fingerprint density at radius 1 is 1.25 bits per heavy atom. The van der Waals surface area contributed by atoms with Gasteiger partial charge < -0.3 is 5.73 Å². The molecule has 0 radical (unpaired) electrons. The van der Waals surface area contributed by atoms with Gasteiger partial charge in [-0.25, -0.2) is 0 Å². The van der Waals surface area contributed by atoms with Gasteiger partial charge in [-0.15, -0.1) is 0 Å². The van der Waals surface area contributed by atoms with Gasteiger partial charge in [0.2, 0.25) is 0 Å². The standard InChI is InChI=1S/C15H19Cl2N3/c1-3-10(2)20-5-4-14(19-20)9-15(18)11-6-12(16)8-13(17)7-11/h4-8,10,15H,3,9,18H2,1-2H3. The van der Waals surface area contributed by atoms with Crippen molar-refractivity contribution in [3.05, 3.63) is 51.8 Å². The Balaban J connectivity index is 2.11. The first-order valence-electron chi connectivity index (χ1n) is 6.75. The van der Waals surface area contributed by atoms with E-state index in [4.69, 9.17) is 28.9 Å². The Kier molecular flexibility index (Phi) is 5.08. The van der Waals surface area contributed by atoms with Crippen LogP contribution in [-0.4, -0.2) is 9.78 Å². The van der Waals surface area contributed by atoms with Gasteiger partial charge in [0.1, 0.15) is 0 Å². The van der Waals surface area contributed by atoms with E-state index in [2.05, 4.69) is 18.9 Å². The normalized spacial score (nSPS) is 14.2. The molecule has 1 aromatic heterocycles. The number of halogens is 2. The van der Waals surface area contributed by atoms with Crippen molar-refractivity contribution >= 4 is 23.2 Å². The monoisotopic (exact) mass is 311 g/mol. The lowest BCUT2D eigenvalue weighted by molar-refractivity contribution is 0.472. The second-order valence-corrected chi connectivity index (χ2v) is 5.93. The zero-order chi connectivity index (χ0) is 14.7. The van der Waals surface area contributed by atoms with Crippen LogP contribution < -0.4 is 5.73 Å².